The lowest BCUT2D eigenvalue weighted by Crippen LogP contribution is -2.24. The number of nitrogens with zero attached hydrogens (tertiary/aromatic N) is 2. The Morgan fingerprint density at radius 3 is 2.41 bits per heavy atom. The summed E-state index contributed by atoms with van der Waals surface area (Å²) >= 11 is 0. The SMILES string of the molecule is Cn1nc(N)c2c(c1=O)Oc1ccccc1O2. The summed E-state index contributed by atoms with van der Waals surface area (Å²) in [6, 6.07) is 7.05. The molecule has 0 saturated heterocycles. The monoisotopic (exact) mass is 231 g/mol. The molecule has 17 heavy (non-hydrogen) atoms. The fraction of sp³-hybridized carbons (Fsp3) is 0.0909. The summed E-state index contributed by atoms with van der Waals surface area (Å²) in [5.41, 5.74) is 5.31. The van der Waals surface area contributed by atoms with Crippen LogP contribution in [-0.2, 0) is 7.05 Å². The summed E-state index contributed by atoms with van der Waals surface area (Å²) < 4.78 is 12.1. The number of nitrogens with two attached hydrogens (primary N) is 1. The molecule has 0 saturated carbocycles. The molecule has 2 aromatic rings. The molecule has 0 bridgehead atoms. The van der Waals surface area contributed by atoms with Crippen molar-refractivity contribution < 1.29 is 9.47 Å². The second kappa shape index (κ2) is 3.24. The summed E-state index contributed by atoms with van der Waals surface area (Å²) in [4.78, 5) is 11.8. The Hall–Kier alpha value is -2.50. The van der Waals surface area contributed by atoms with Gasteiger partial charge >= 0.3 is 5.56 Å². The fourth-order valence-corrected chi connectivity index (χ4v) is 1.64. The van der Waals surface area contributed by atoms with E-state index < -0.39 is 0 Å². The highest BCUT2D eigenvalue weighted by Crippen LogP contribution is 2.44. The smallest absolute Gasteiger partial charge is 0.313 e. The van der Waals surface area contributed by atoms with Crippen LogP contribution in [0.1, 0.15) is 0 Å². The second-order valence-corrected chi connectivity index (χ2v) is 3.62. The van der Waals surface area contributed by atoms with Crippen LogP contribution < -0.4 is 20.8 Å². The van der Waals surface area contributed by atoms with Crippen molar-refractivity contribution in [3.63, 3.8) is 0 Å². The van der Waals surface area contributed by atoms with Crippen LogP contribution >= 0.6 is 0 Å². The lowest BCUT2D eigenvalue weighted by Gasteiger charge is -2.20. The number of aromatic nitrogens is 2. The standard InChI is InChI=1S/C11H9N3O3/c1-14-11(15)9-8(10(12)13-14)16-6-4-2-3-5-7(6)17-9/h2-5H,1H3,(H2,12,13). The third-order valence-corrected chi connectivity index (χ3v) is 2.46. The summed E-state index contributed by atoms with van der Waals surface area (Å²) in [6.07, 6.45) is 0. The predicted octanol–water partition coefficient (Wildman–Crippen LogP) is 1.26. The van der Waals surface area contributed by atoms with Gasteiger partial charge in [0.25, 0.3) is 0 Å². The molecule has 0 unspecified atom stereocenters. The first-order valence-corrected chi connectivity index (χ1v) is 4.98. The minimum absolute atomic E-state index is 0.0682. The number of nitrogen functional groups attached to an aromatic ring is 1. The second-order valence-electron chi connectivity index (χ2n) is 3.62. The number of aryl methyl sites for hydroxylation is 1. The largest absolute Gasteiger partial charge is 0.445 e. The van der Waals surface area contributed by atoms with Crippen molar-refractivity contribution in [3.05, 3.63) is 34.6 Å². The van der Waals surface area contributed by atoms with E-state index in [1.165, 1.54) is 7.05 Å². The van der Waals surface area contributed by atoms with E-state index in [1.54, 1.807) is 24.3 Å². The molecule has 2 N–H and O–H groups in total. The number of para-hydroxylation sites is 2. The summed E-state index contributed by atoms with van der Waals surface area (Å²) in [6.45, 7) is 0. The van der Waals surface area contributed by atoms with Gasteiger partial charge in [-0.3, -0.25) is 4.79 Å². The van der Waals surface area contributed by atoms with Gasteiger partial charge in [0.15, 0.2) is 17.3 Å². The number of rotatable bonds is 0. The summed E-state index contributed by atoms with van der Waals surface area (Å²) in [7, 11) is 1.50. The molecule has 6 heteroatoms. The number of anilines is 1. The number of fused-ring (bicyclic) bond motifs is 2. The third kappa shape index (κ3) is 1.34. The molecule has 0 spiro atoms. The Morgan fingerprint density at radius 1 is 1.18 bits per heavy atom. The van der Waals surface area contributed by atoms with Gasteiger partial charge in [-0.2, -0.15) is 0 Å². The van der Waals surface area contributed by atoms with Gasteiger partial charge in [-0.05, 0) is 12.1 Å². The van der Waals surface area contributed by atoms with Crippen LogP contribution in [0.2, 0.25) is 0 Å². The van der Waals surface area contributed by atoms with Gasteiger partial charge in [0.05, 0.1) is 0 Å². The Balaban J connectivity index is 2.25. The van der Waals surface area contributed by atoms with Crippen molar-refractivity contribution >= 4 is 5.82 Å². The van der Waals surface area contributed by atoms with Crippen molar-refractivity contribution in [2.24, 2.45) is 7.05 Å². The van der Waals surface area contributed by atoms with E-state index >= 15 is 0 Å². The summed E-state index contributed by atoms with van der Waals surface area (Å²) in [5.74, 6) is 1.37. The van der Waals surface area contributed by atoms with Crippen molar-refractivity contribution in [2.75, 3.05) is 5.73 Å². The first kappa shape index (κ1) is 9.71. The zero-order valence-electron chi connectivity index (χ0n) is 9.01. The highest BCUT2D eigenvalue weighted by atomic mass is 16.6. The maximum absolute atomic E-state index is 11.8. The Kier molecular flexibility index (Phi) is 1.85. The van der Waals surface area contributed by atoms with Crippen molar-refractivity contribution in [1.29, 1.82) is 0 Å². The van der Waals surface area contributed by atoms with E-state index in [0.717, 1.165) is 4.68 Å². The van der Waals surface area contributed by atoms with Crippen LogP contribution in [0.5, 0.6) is 23.0 Å². The fourth-order valence-electron chi connectivity index (χ4n) is 1.64. The summed E-state index contributed by atoms with van der Waals surface area (Å²) in [5, 5.41) is 3.84. The highest BCUT2D eigenvalue weighted by molar-refractivity contribution is 5.61. The zero-order chi connectivity index (χ0) is 12.0. The van der Waals surface area contributed by atoms with Crippen LogP contribution in [0.15, 0.2) is 29.1 Å². The molecular weight excluding hydrogens is 222 g/mol. The van der Waals surface area contributed by atoms with Crippen LogP contribution in [-0.4, -0.2) is 9.78 Å². The molecule has 0 atom stereocenters. The Labute approximate surface area is 96.2 Å². The molecule has 1 aromatic heterocycles. The molecule has 0 amide bonds. The predicted molar refractivity (Wildman–Crippen MR) is 60.5 cm³/mol. The minimum Gasteiger partial charge on any atom is -0.445 e. The highest BCUT2D eigenvalue weighted by Gasteiger charge is 2.25. The van der Waals surface area contributed by atoms with Gasteiger partial charge in [-0.15, -0.1) is 5.10 Å². The molecule has 1 aliphatic rings. The molecular formula is C11H9N3O3. The molecule has 2 heterocycles. The molecule has 0 fully saturated rings. The molecule has 0 radical (unpaired) electrons. The Morgan fingerprint density at radius 2 is 1.76 bits per heavy atom. The molecule has 86 valence electrons. The quantitative estimate of drug-likeness (QED) is 0.630. The van der Waals surface area contributed by atoms with Crippen LogP contribution in [0, 0.1) is 0 Å². The van der Waals surface area contributed by atoms with Gasteiger partial charge in [-0.25, -0.2) is 4.68 Å². The Bertz CT molecular complexity index is 663. The van der Waals surface area contributed by atoms with E-state index in [2.05, 4.69) is 5.10 Å². The van der Waals surface area contributed by atoms with E-state index in [0.29, 0.717) is 11.5 Å². The van der Waals surface area contributed by atoms with Crippen molar-refractivity contribution in [3.8, 4) is 23.0 Å². The van der Waals surface area contributed by atoms with Crippen molar-refractivity contribution in [1.82, 2.24) is 9.78 Å². The van der Waals surface area contributed by atoms with Crippen molar-refractivity contribution in [2.45, 2.75) is 0 Å². The van der Waals surface area contributed by atoms with Crippen LogP contribution in [0.3, 0.4) is 0 Å². The van der Waals surface area contributed by atoms with Gasteiger partial charge in [0.1, 0.15) is 0 Å². The molecule has 6 nitrogen and oxygen atoms in total. The van der Waals surface area contributed by atoms with Gasteiger partial charge in [0, 0.05) is 7.05 Å². The maximum atomic E-state index is 11.8. The van der Waals surface area contributed by atoms with Gasteiger partial charge in [-0.1, -0.05) is 12.1 Å². The lowest BCUT2D eigenvalue weighted by atomic mass is 10.3. The van der Waals surface area contributed by atoms with E-state index in [9.17, 15) is 4.79 Å². The number of hydrogen-bond donors (Lipinski definition) is 1. The first-order valence-electron chi connectivity index (χ1n) is 4.98. The minimum atomic E-state index is -0.385. The molecule has 3 rings (SSSR count). The third-order valence-electron chi connectivity index (χ3n) is 2.46. The number of benzene rings is 1. The zero-order valence-corrected chi connectivity index (χ0v) is 9.01. The van der Waals surface area contributed by atoms with E-state index in [4.69, 9.17) is 15.2 Å². The average Bonchev–Trinajstić information content (AvgIpc) is 2.34. The number of hydrogen-bond acceptors (Lipinski definition) is 5. The molecule has 1 aromatic carbocycles. The van der Waals surface area contributed by atoms with Crippen LogP contribution in [0.4, 0.5) is 5.82 Å². The molecule has 0 aliphatic carbocycles. The average molecular weight is 231 g/mol. The normalized spacial score (nSPS) is 12.1. The van der Waals surface area contributed by atoms with Gasteiger partial charge in [0.2, 0.25) is 11.5 Å². The van der Waals surface area contributed by atoms with E-state index in [1.807, 2.05) is 0 Å². The number of ether oxygens (including phenoxy) is 2. The van der Waals surface area contributed by atoms with Gasteiger partial charge < -0.3 is 15.2 Å². The topological polar surface area (TPSA) is 79.4 Å². The van der Waals surface area contributed by atoms with Crippen LogP contribution in [0.25, 0.3) is 0 Å². The molecule has 1 aliphatic heterocycles. The maximum Gasteiger partial charge on any atom is 0.313 e. The van der Waals surface area contributed by atoms with E-state index in [-0.39, 0.29) is 22.9 Å². The lowest BCUT2D eigenvalue weighted by molar-refractivity contribution is 0.349. The first-order chi connectivity index (χ1) is 8.16.